The van der Waals surface area contributed by atoms with Crippen molar-refractivity contribution in [1.82, 2.24) is 44.5 Å². The van der Waals surface area contributed by atoms with Crippen LogP contribution in [0.1, 0.15) is 35.3 Å². The summed E-state index contributed by atoms with van der Waals surface area (Å²) in [5, 5.41) is 14.1. The summed E-state index contributed by atoms with van der Waals surface area (Å²) >= 11 is 0. The van der Waals surface area contributed by atoms with Gasteiger partial charge in [0.25, 0.3) is 5.91 Å². The number of aromatic amines is 1. The number of pyridine rings is 1. The molecule has 6 rings (SSSR count). The first-order chi connectivity index (χ1) is 19.6. The van der Waals surface area contributed by atoms with Crippen LogP contribution in [0.15, 0.2) is 31.1 Å². The topological polar surface area (TPSA) is 159 Å². The SMILES string of the molecule is N#CCC1(n2cc(-c3ncnc4nc[nH]c34)c(N)n2)CN(C2CCN(C(=O)c3ccnc(C(F)(F)F)c3F)CC2)C1. The molecule has 0 unspecified atom stereocenters. The number of carbonyl (C=O) groups excluding carboxylic acids is 1. The van der Waals surface area contributed by atoms with Crippen molar-refractivity contribution in [3.63, 3.8) is 0 Å². The first-order valence-electron chi connectivity index (χ1n) is 12.7. The molecule has 4 aromatic heterocycles. The quantitative estimate of drug-likeness (QED) is 0.345. The predicted octanol–water partition coefficient (Wildman–Crippen LogP) is 2.58. The molecule has 0 radical (unpaired) electrons. The van der Waals surface area contributed by atoms with Crippen LogP contribution in [0.5, 0.6) is 0 Å². The maximum Gasteiger partial charge on any atom is 0.436 e. The fraction of sp³-hybridized carbons (Fsp3) is 0.400. The number of anilines is 1. The number of carbonyl (C=O) groups is 1. The van der Waals surface area contributed by atoms with E-state index in [0.29, 0.717) is 48.4 Å². The van der Waals surface area contributed by atoms with E-state index in [9.17, 15) is 27.6 Å². The molecular weight excluding hydrogens is 546 g/mol. The number of hydrogen-bond acceptors (Lipinski definition) is 9. The zero-order valence-corrected chi connectivity index (χ0v) is 21.4. The normalized spacial score (nSPS) is 17.9. The number of nitriles is 1. The zero-order chi connectivity index (χ0) is 28.9. The highest BCUT2D eigenvalue weighted by atomic mass is 19.4. The lowest BCUT2D eigenvalue weighted by atomic mass is 9.83. The van der Waals surface area contributed by atoms with Crippen molar-refractivity contribution in [2.24, 2.45) is 0 Å². The van der Waals surface area contributed by atoms with Gasteiger partial charge < -0.3 is 15.6 Å². The second-order valence-corrected chi connectivity index (χ2v) is 10.2. The molecule has 1 amide bonds. The first-order valence-corrected chi connectivity index (χ1v) is 12.7. The number of nitrogen functional groups attached to an aromatic ring is 1. The van der Waals surface area contributed by atoms with E-state index in [4.69, 9.17) is 5.73 Å². The summed E-state index contributed by atoms with van der Waals surface area (Å²) in [6.45, 7) is 1.52. The van der Waals surface area contributed by atoms with E-state index >= 15 is 0 Å². The maximum atomic E-state index is 14.5. The van der Waals surface area contributed by atoms with E-state index in [1.54, 1.807) is 10.9 Å². The van der Waals surface area contributed by atoms with Crippen LogP contribution in [-0.4, -0.2) is 82.6 Å². The largest absolute Gasteiger partial charge is 0.436 e. The van der Waals surface area contributed by atoms with Crippen molar-refractivity contribution in [3.05, 3.63) is 48.2 Å². The van der Waals surface area contributed by atoms with Crippen LogP contribution in [0, 0.1) is 17.1 Å². The van der Waals surface area contributed by atoms with E-state index in [0.717, 1.165) is 12.3 Å². The Labute approximate surface area is 229 Å². The monoisotopic (exact) mass is 569 g/mol. The predicted molar refractivity (Wildman–Crippen MR) is 135 cm³/mol. The van der Waals surface area contributed by atoms with Crippen LogP contribution in [0.2, 0.25) is 0 Å². The van der Waals surface area contributed by atoms with Crippen molar-refractivity contribution < 1.29 is 22.4 Å². The molecule has 6 heterocycles. The van der Waals surface area contributed by atoms with Gasteiger partial charge in [-0.25, -0.2) is 24.3 Å². The number of nitrogens with one attached hydrogen (secondary N) is 1. The third kappa shape index (κ3) is 4.51. The number of hydrogen-bond donors (Lipinski definition) is 2. The van der Waals surface area contributed by atoms with Crippen molar-refractivity contribution in [2.45, 2.75) is 37.0 Å². The summed E-state index contributed by atoms with van der Waals surface area (Å²) in [6.07, 6.45) is 1.73. The highest BCUT2D eigenvalue weighted by Gasteiger charge is 2.49. The minimum absolute atomic E-state index is 0.0674. The van der Waals surface area contributed by atoms with Gasteiger partial charge in [0.05, 0.1) is 29.9 Å². The zero-order valence-electron chi connectivity index (χ0n) is 21.4. The van der Waals surface area contributed by atoms with Gasteiger partial charge >= 0.3 is 6.18 Å². The Morgan fingerprint density at radius 1 is 1.20 bits per heavy atom. The van der Waals surface area contributed by atoms with Gasteiger partial charge in [-0.3, -0.25) is 14.4 Å². The average molecular weight is 570 g/mol. The maximum absolute atomic E-state index is 14.5. The lowest BCUT2D eigenvalue weighted by Gasteiger charge is -2.53. The molecule has 0 aromatic carbocycles. The van der Waals surface area contributed by atoms with Crippen LogP contribution in [-0.2, 0) is 11.7 Å². The van der Waals surface area contributed by atoms with Gasteiger partial charge in [-0.2, -0.15) is 23.5 Å². The van der Waals surface area contributed by atoms with Gasteiger partial charge in [0.1, 0.15) is 23.1 Å². The Hall–Kier alpha value is -4.65. The molecule has 0 spiro atoms. The van der Waals surface area contributed by atoms with Crippen molar-refractivity contribution in [1.29, 1.82) is 5.26 Å². The number of alkyl halides is 3. The standard InChI is InChI=1S/C25H23F4N11O/c26-17-15(1-6-32-20(17)25(27,28)29)23(41)38-7-2-14(3-8-38)39-10-24(11-39,4-5-30)40-9-16(21(31)37-40)18-19-22(35-12-33-18)36-13-34-19/h1,6,9,12-14H,2-4,7-8,10-11H2,(H2,31,37)(H,33,34,35,36). The molecule has 12 nitrogen and oxygen atoms in total. The van der Waals surface area contributed by atoms with Crippen LogP contribution in [0.4, 0.5) is 23.4 Å². The Morgan fingerprint density at radius 3 is 2.66 bits per heavy atom. The number of rotatable bonds is 5. The van der Waals surface area contributed by atoms with E-state index in [1.165, 1.54) is 17.6 Å². The van der Waals surface area contributed by atoms with E-state index < -0.39 is 34.7 Å². The van der Waals surface area contributed by atoms with Crippen LogP contribution in [0.3, 0.4) is 0 Å². The van der Waals surface area contributed by atoms with Gasteiger partial charge in [0.2, 0.25) is 0 Å². The molecule has 2 fully saturated rings. The Kier molecular flexibility index (Phi) is 6.33. The second kappa shape index (κ2) is 9.77. The summed E-state index contributed by atoms with van der Waals surface area (Å²) < 4.78 is 55.3. The highest BCUT2D eigenvalue weighted by Crippen LogP contribution is 2.39. The number of aromatic nitrogens is 7. The molecule has 0 atom stereocenters. The van der Waals surface area contributed by atoms with Crippen molar-refractivity contribution in [3.8, 4) is 17.3 Å². The summed E-state index contributed by atoms with van der Waals surface area (Å²) in [4.78, 5) is 35.1. The molecule has 0 aliphatic carbocycles. The lowest BCUT2D eigenvalue weighted by molar-refractivity contribution is -0.143. The third-order valence-corrected chi connectivity index (χ3v) is 7.77. The van der Waals surface area contributed by atoms with Crippen molar-refractivity contribution >= 4 is 22.9 Å². The average Bonchev–Trinajstić information content (AvgIpc) is 3.56. The number of amides is 1. The first kappa shape index (κ1) is 26.6. The molecule has 2 aliphatic heterocycles. The fourth-order valence-corrected chi connectivity index (χ4v) is 5.65. The number of nitrogens with two attached hydrogens (primary N) is 1. The number of halogens is 4. The Balaban J connectivity index is 1.14. The molecule has 212 valence electrons. The number of piperidine rings is 1. The van der Waals surface area contributed by atoms with Crippen molar-refractivity contribution in [2.75, 3.05) is 31.9 Å². The highest BCUT2D eigenvalue weighted by molar-refractivity contribution is 5.94. The molecule has 2 saturated heterocycles. The molecule has 2 aliphatic rings. The minimum Gasteiger partial charge on any atom is -0.382 e. The number of imidazole rings is 1. The van der Waals surface area contributed by atoms with Gasteiger partial charge in [0.15, 0.2) is 23.0 Å². The molecular formula is C25H23F4N11O. The summed E-state index contributed by atoms with van der Waals surface area (Å²) in [5.74, 6) is -2.21. The molecule has 0 saturated carbocycles. The molecule has 41 heavy (non-hydrogen) atoms. The van der Waals surface area contributed by atoms with Crippen LogP contribution >= 0.6 is 0 Å². The number of H-pyrrole nitrogens is 1. The molecule has 3 N–H and O–H groups in total. The van der Waals surface area contributed by atoms with E-state index in [2.05, 4.69) is 41.0 Å². The number of nitrogens with zero attached hydrogens (tertiary/aromatic N) is 9. The van der Waals surface area contributed by atoms with Gasteiger partial charge in [0, 0.05) is 44.6 Å². The van der Waals surface area contributed by atoms with Gasteiger partial charge in [-0.1, -0.05) is 0 Å². The minimum atomic E-state index is -5.00. The summed E-state index contributed by atoms with van der Waals surface area (Å²) in [5.41, 5.74) is 5.52. The second-order valence-electron chi connectivity index (χ2n) is 10.2. The lowest BCUT2D eigenvalue weighted by Crippen LogP contribution is -2.66. The smallest absolute Gasteiger partial charge is 0.382 e. The summed E-state index contributed by atoms with van der Waals surface area (Å²) in [6, 6.07) is 3.28. The number of likely N-dealkylation sites (tertiary alicyclic amines) is 2. The third-order valence-electron chi connectivity index (χ3n) is 7.77. The number of fused-ring (bicyclic) bond motifs is 1. The van der Waals surface area contributed by atoms with Crippen LogP contribution < -0.4 is 5.73 Å². The fourth-order valence-electron chi connectivity index (χ4n) is 5.65. The summed E-state index contributed by atoms with van der Waals surface area (Å²) in [7, 11) is 0. The van der Waals surface area contributed by atoms with Gasteiger partial charge in [-0.15, -0.1) is 0 Å². The Morgan fingerprint density at radius 2 is 1.95 bits per heavy atom. The molecule has 4 aromatic rings. The van der Waals surface area contributed by atoms with E-state index in [-0.39, 0.29) is 31.4 Å². The Bertz CT molecular complexity index is 1660. The van der Waals surface area contributed by atoms with E-state index in [1.807, 2.05) is 0 Å². The molecule has 0 bridgehead atoms. The molecule has 16 heteroatoms. The van der Waals surface area contributed by atoms with Gasteiger partial charge in [-0.05, 0) is 18.9 Å². The van der Waals surface area contributed by atoms with Crippen LogP contribution in [0.25, 0.3) is 22.4 Å².